The molecule has 0 atom stereocenters. The van der Waals surface area contributed by atoms with Crippen LogP contribution in [0.4, 0.5) is 4.39 Å². The van der Waals surface area contributed by atoms with Gasteiger partial charge in [0.25, 0.3) is 0 Å². The van der Waals surface area contributed by atoms with Gasteiger partial charge in [-0.15, -0.1) is 0 Å². The van der Waals surface area contributed by atoms with Gasteiger partial charge < -0.3 is 0 Å². The molecule has 0 amide bonds. The summed E-state index contributed by atoms with van der Waals surface area (Å²) >= 11 is 0. The number of primary sulfonamides is 1. The van der Waals surface area contributed by atoms with Crippen molar-refractivity contribution >= 4 is 10.0 Å². The van der Waals surface area contributed by atoms with E-state index in [0.29, 0.717) is 22.4 Å². The quantitative estimate of drug-likeness (QED) is 0.782. The van der Waals surface area contributed by atoms with E-state index in [1.54, 1.807) is 36.5 Å². The summed E-state index contributed by atoms with van der Waals surface area (Å²) in [5, 5.41) is 14.0. The monoisotopic (exact) mass is 353 g/mol. The molecule has 0 saturated heterocycles. The second-order valence-electron chi connectivity index (χ2n) is 5.28. The van der Waals surface area contributed by atoms with E-state index >= 15 is 0 Å². The highest BCUT2D eigenvalue weighted by molar-refractivity contribution is 7.89. The minimum absolute atomic E-state index is 0.405. The average Bonchev–Trinajstić information content (AvgIpc) is 2.60. The number of halogens is 1. The molecule has 2 N–H and O–H groups in total. The van der Waals surface area contributed by atoms with Gasteiger partial charge in [-0.05, 0) is 35.9 Å². The topological polar surface area (TPSA) is 96.8 Å². The largest absolute Gasteiger partial charge is 0.256 e. The third-order valence-corrected chi connectivity index (χ3v) is 4.57. The van der Waals surface area contributed by atoms with Gasteiger partial charge in [-0.3, -0.25) is 4.98 Å². The summed E-state index contributed by atoms with van der Waals surface area (Å²) < 4.78 is 36.9. The van der Waals surface area contributed by atoms with Gasteiger partial charge in [-0.25, -0.2) is 17.9 Å². The molecule has 124 valence electrons. The first-order valence-electron chi connectivity index (χ1n) is 7.18. The third kappa shape index (κ3) is 3.40. The minimum Gasteiger partial charge on any atom is -0.256 e. The zero-order valence-corrected chi connectivity index (χ0v) is 13.7. The molecular formula is C18H12FN3O2S. The van der Waals surface area contributed by atoms with Crippen molar-refractivity contribution in [3.05, 3.63) is 72.2 Å². The lowest BCUT2D eigenvalue weighted by Crippen LogP contribution is -2.14. The normalized spacial score (nSPS) is 11.1. The molecule has 0 unspecified atom stereocenters. The van der Waals surface area contributed by atoms with Gasteiger partial charge in [0.1, 0.15) is 10.7 Å². The molecule has 0 spiro atoms. The molecule has 0 aliphatic rings. The van der Waals surface area contributed by atoms with E-state index in [4.69, 9.17) is 10.4 Å². The highest BCUT2D eigenvalue weighted by Gasteiger charge is 2.17. The predicted molar refractivity (Wildman–Crippen MR) is 91.2 cm³/mol. The van der Waals surface area contributed by atoms with E-state index in [1.165, 1.54) is 6.07 Å². The van der Waals surface area contributed by atoms with E-state index in [0.717, 1.165) is 17.7 Å². The molecular weight excluding hydrogens is 341 g/mol. The fourth-order valence-corrected chi connectivity index (χ4v) is 3.09. The number of hydrogen-bond donors (Lipinski definition) is 1. The number of pyridine rings is 1. The van der Waals surface area contributed by atoms with Crippen molar-refractivity contribution in [1.29, 1.82) is 5.26 Å². The minimum atomic E-state index is -4.14. The Bertz CT molecular complexity index is 1110. The van der Waals surface area contributed by atoms with Gasteiger partial charge in [0, 0.05) is 17.3 Å². The van der Waals surface area contributed by atoms with E-state index in [-0.39, 0.29) is 0 Å². The second kappa shape index (κ2) is 6.43. The van der Waals surface area contributed by atoms with Crippen LogP contribution in [0, 0.1) is 17.1 Å². The van der Waals surface area contributed by atoms with Crippen LogP contribution in [0.2, 0.25) is 0 Å². The highest BCUT2D eigenvalue weighted by atomic mass is 32.2. The first-order chi connectivity index (χ1) is 11.9. The second-order valence-corrected chi connectivity index (χ2v) is 6.81. The first kappa shape index (κ1) is 16.8. The van der Waals surface area contributed by atoms with Crippen LogP contribution in [-0.2, 0) is 10.0 Å². The highest BCUT2D eigenvalue weighted by Crippen LogP contribution is 2.31. The number of nitrogens with two attached hydrogens (primary N) is 1. The number of hydrogen-bond acceptors (Lipinski definition) is 4. The average molecular weight is 353 g/mol. The Morgan fingerprint density at radius 2 is 1.84 bits per heavy atom. The molecule has 25 heavy (non-hydrogen) atoms. The number of rotatable bonds is 3. The van der Waals surface area contributed by atoms with E-state index < -0.39 is 20.7 Å². The molecule has 0 radical (unpaired) electrons. The van der Waals surface area contributed by atoms with E-state index in [9.17, 15) is 12.8 Å². The third-order valence-electron chi connectivity index (χ3n) is 3.62. The molecule has 3 rings (SSSR count). The van der Waals surface area contributed by atoms with Crippen molar-refractivity contribution in [2.75, 3.05) is 0 Å². The maximum atomic E-state index is 14.2. The molecule has 1 aromatic heterocycles. The van der Waals surface area contributed by atoms with Crippen molar-refractivity contribution in [3.8, 4) is 28.5 Å². The number of aromatic nitrogens is 1. The fourth-order valence-electron chi connectivity index (χ4n) is 2.50. The van der Waals surface area contributed by atoms with Gasteiger partial charge in [0.05, 0.1) is 17.3 Å². The molecule has 0 aliphatic heterocycles. The van der Waals surface area contributed by atoms with Crippen LogP contribution in [0.15, 0.2) is 65.7 Å². The van der Waals surface area contributed by atoms with Crippen LogP contribution in [0.3, 0.4) is 0 Å². The Kier molecular flexibility index (Phi) is 4.31. The maximum Gasteiger partial charge on any atom is 0.240 e. The summed E-state index contributed by atoms with van der Waals surface area (Å²) in [6.45, 7) is 0. The van der Waals surface area contributed by atoms with Gasteiger partial charge in [0.15, 0.2) is 0 Å². The van der Waals surface area contributed by atoms with Gasteiger partial charge >= 0.3 is 0 Å². The number of nitriles is 1. The first-order valence-corrected chi connectivity index (χ1v) is 8.73. The molecule has 3 aromatic rings. The number of sulfonamides is 1. The smallest absolute Gasteiger partial charge is 0.240 e. The number of benzene rings is 2. The Morgan fingerprint density at radius 1 is 1.04 bits per heavy atom. The Morgan fingerprint density at radius 3 is 2.52 bits per heavy atom. The molecule has 2 aromatic carbocycles. The van der Waals surface area contributed by atoms with Crippen molar-refractivity contribution in [2.45, 2.75) is 4.90 Å². The lowest BCUT2D eigenvalue weighted by Gasteiger charge is -2.10. The Labute approximate surface area is 144 Å². The molecule has 5 nitrogen and oxygen atoms in total. The summed E-state index contributed by atoms with van der Waals surface area (Å²) in [6, 6.07) is 16.2. The SMILES string of the molecule is N#Cc1cccc(-c2cccnc2-c2ccc(S(N)(=O)=O)c(F)c2)c1. The van der Waals surface area contributed by atoms with Crippen molar-refractivity contribution < 1.29 is 12.8 Å². The zero-order chi connectivity index (χ0) is 18.0. The fraction of sp³-hybridized carbons (Fsp3) is 0. The summed E-state index contributed by atoms with van der Waals surface area (Å²) in [4.78, 5) is 3.71. The van der Waals surface area contributed by atoms with E-state index in [2.05, 4.69) is 11.1 Å². The summed E-state index contributed by atoms with van der Waals surface area (Å²) in [5.74, 6) is -0.942. The zero-order valence-electron chi connectivity index (χ0n) is 12.8. The van der Waals surface area contributed by atoms with E-state index in [1.807, 2.05) is 6.07 Å². The van der Waals surface area contributed by atoms with Crippen LogP contribution in [0.25, 0.3) is 22.4 Å². The summed E-state index contributed by atoms with van der Waals surface area (Å²) in [7, 11) is -4.14. The summed E-state index contributed by atoms with van der Waals surface area (Å²) in [6.07, 6.45) is 1.55. The van der Waals surface area contributed by atoms with Gasteiger partial charge in [-0.1, -0.05) is 24.3 Å². The van der Waals surface area contributed by atoms with Crippen molar-refractivity contribution in [2.24, 2.45) is 5.14 Å². The lowest BCUT2D eigenvalue weighted by molar-refractivity contribution is 0.568. The maximum absolute atomic E-state index is 14.2. The molecule has 0 saturated carbocycles. The molecule has 0 bridgehead atoms. The lowest BCUT2D eigenvalue weighted by atomic mass is 9.98. The number of nitrogens with zero attached hydrogens (tertiary/aromatic N) is 2. The molecule has 7 heteroatoms. The molecule has 0 aliphatic carbocycles. The van der Waals surface area contributed by atoms with Crippen LogP contribution in [0.5, 0.6) is 0 Å². The standard InChI is InChI=1S/C18H12FN3O2S/c19-16-10-14(6-7-17(16)25(21,23)24)18-15(5-2-8-22-18)13-4-1-3-12(9-13)11-20/h1-10H,(H2,21,23,24). The Hall–Kier alpha value is -3.08. The van der Waals surface area contributed by atoms with Crippen LogP contribution >= 0.6 is 0 Å². The Balaban J connectivity index is 2.17. The van der Waals surface area contributed by atoms with Crippen molar-refractivity contribution in [1.82, 2.24) is 4.98 Å². The molecule has 0 fully saturated rings. The predicted octanol–water partition coefficient (Wildman–Crippen LogP) is 3.07. The summed E-state index contributed by atoms with van der Waals surface area (Å²) in [5.41, 5.74) is 2.81. The van der Waals surface area contributed by atoms with Crippen LogP contribution in [-0.4, -0.2) is 13.4 Å². The van der Waals surface area contributed by atoms with Gasteiger partial charge in [0.2, 0.25) is 10.0 Å². The molecule has 1 heterocycles. The van der Waals surface area contributed by atoms with Crippen LogP contribution in [0.1, 0.15) is 5.56 Å². The van der Waals surface area contributed by atoms with Gasteiger partial charge in [-0.2, -0.15) is 5.26 Å². The van der Waals surface area contributed by atoms with Crippen molar-refractivity contribution in [3.63, 3.8) is 0 Å². The van der Waals surface area contributed by atoms with Crippen LogP contribution < -0.4 is 5.14 Å².